The normalized spacial score (nSPS) is 10.0. The number of hydrogen-bond acceptors (Lipinski definition) is 4. The zero-order chi connectivity index (χ0) is 9.52. The molecule has 0 radical (unpaired) electrons. The van der Waals surface area contributed by atoms with E-state index in [4.69, 9.17) is 0 Å². The third-order valence-electron chi connectivity index (χ3n) is 1.93. The van der Waals surface area contributed by atoms with Gasteiger partial charge in [-0.05, 0) is 13.3 Å². The Balaban J connectivity index is 2.56. The van der Waals surface area contributed by atoms with E-state index in [1.165, 1.54) is 25.5 Å². The van der Waals surface area contributed by atoms with Crippen LogP contribution in [0.2, 0.25) is 0 Å². The molecule has 0 saturated heterocycles. The van der Waals surface area contributed by atoms with Crippen molar-refractivity contribution in [3.8, 4) is 0 Å². The van der Waals surface area contributed by atoms with Gasteiger partial charge in [0.2, 0.25) is 5.95 Å². The van der Waals surface area contributed by atoms with E-state index in [-0.39, 0.29) is 0 Å². The molecule has 1 rings (SSSR count). The third-order valence-corrected chi connectivity index (χ3v) is 1.93. The van der Waals surface area contributed by atoms with Gasteiger partial charge in [0.25, 0.3) is 0 Å². The van der Waals surface area contributed by atoms with Gasteiger partial charge in [-0.3, -0.25) is 0 Å². The van der Waals surface area contributed by atoms with Crippen LogP contribution in [0.5, 0.6) is 0 Å². The van der Waals surface area contributed by atoms with Crippen LogP contribution < -0.4 is 4.90 Å². The van der Waals surface area contributed by atoms with E-state index in [1.54, 1.807) is 0 Å². The minimum atomic E-state index is 0.783. The van der Waals surface area contributed by atoms with Crippen LogP contribution in [0.15, 0.2) is 12.7 Å². The lowest BCUT2D eigenvalue weighted by atomic mass is 10.3. The first-order valence-electron chi connectivity index (χ1n) is 4.75. The Bertz CT molecular complexity index is 224. The van der Waals surface area contributed by atoms with Gasteiger partial charge < -0.3 is 4.90 Å². The first-order chi connectivity index (χ1) is 6.38. The molecule has 13 heavy (non-hydrogen) atoms. The zero-order valence-electron chi connectivity index (χ0n) is 8.27. The molecule has 0 amide bonds. The van der Waals surface area contributed by atoms with Crippen molar-refractivity contribution in [2.24, 2.45) is 0 Å². The highest BCUT2D eigenvalue weighted by molar-refractivity contribution is 5.26. The monoisotopic (exact) mass is 180 g/mol. The molecule has 0 aromatic carbocycles. The van der Waals surface area contributed by atoms with Gasteiger partial charge in [0.05, 0.1) is 0 Å². The first-order valence-corrected chi connectivity index (χ1v) is 4.75. The van der Waals surface area contributed by atoms with Gasteiger partial charge in [0, 0.05) is 13.1 Å². The maximum atomic E-state index is 4.11. The maximum Gasteiger partial charge on any atom is 0.228 e. The lowest BCUT2D eigenvalue weighted by Crippen LogP contribution is -2.25. The van der Waals surface area contributed by atoms with Crippen LogP contribution in [0.4, 0.5) is 5.95 Å². The van der Waals surface area contributed by atoms with E-state index in [1.807, 2.05) is 0 Å². The summed E-state index contributed by atoms with van der Waals surface area (Å²) in [6, 6.07) is 0. The molecule has 0 aliphatic rings. The SMILES string of the molecule is CCCCN(CC)c1ncncn1. The highest BCUT2D eigenvalue weighted by atomic mass is 15.3. The molecule has 0 aliphatic heterocycles. The lowest BCUT2D eigenvalue weighted by molar-refractivity contribution is 0.711. The number of aromatic nitrogens is 3. The van der Waals surface area contributed by atoms with Gasteiger partial charge in [-0.1, -0.05) is 13.3 Å². The fraction of sp³-hybridized carbons (Fsp3) is 0.667. The van der Waals surface area contributed by atoms with Gasteiger partial charge in [-0.2, -0.15) is 0 Å². The Hall–Kier alpha value is -1.19. The van der Waals surface area contributed by atoms with Crippen LogP contribution in [0.3, 0.4) is 0 Å². The number of anilines is 1. The highest BCUT2D eigenvalue weighted by Crippen LogP contribution is 2.04. The summed E-state index contributed by atoms with van der Waals surface area (Å²) in [6.07, 6.45) is 5.45. The van der Waals surface area contributed by atoms with Crippen molar-refractivity contribution in [1.29, 1.82) is 0 Å². The average molecular weight is 180 g/mol. The van der Waals surface area contributed by atoms with E-state index in [0.29, 0.717) is 0 Å². The number of rotatable bonds is 5. The summed E-state index contributed by atoms with van der Waals surface area (Å²) >= 11 is 0. The molecule has 0 fully saturated rings. The van der Waals surface area contributed by atoms with E-state index >= 15 is 0 Å². The van der Waals surface area contributed by atoms with Crippen LogP contribution in [-0.4, -0.2) is 28.0 Å². The first kappa shape index (κ1) is 9.89. The predicted molar refractivity (Wildman–Crippen MR) is 52.6 cm³/mol. The second-order valence-electron chi connectivity index (χ2n) is 2.87. The molecular weight excluding hydrogens is 164 g/mol. The van der Waals surface area contributed by atoms with Gasteiger partial charge in [-0.15, -0.1) is 0 Å². The van der Waals surface area contributed by atoms with Crippen molar-refractivity contribution in [2.75, 3.05) is 18.0 Å². The molecule has 0 N–H and O–H groups in total. The quantitative estimate of drug-likeness (QED) is 0.688. The lowest BCUT2D eigenvalue weighted by Gasteiger charge is -2.19. The molecule has 0 bridgehead atoms. The highest BCUT2D eigenvalue weighted by Gasteiger charge is 2.04. The summed E-state index contributed by atoms with van der Waals surface area (Å²) in [5.41, 5.74) is 0. The molecule has 0 atom stereocenters. The second-order valence-corrected chi connectivity index (χ2v) is 2.87. The molecule has 0 unspecified atom stereocenters. The fourth-order valence-electron chi connectivity index (χ4n) is 1.14. The standard InChI is InChI=1S/C9H16N4/c1-3-5-6-13(4-2)9-11-7-10-8-12-9/h7-8H,3-6H2,1-2H3. The third kappa shape index (κ3) is 2.97. The average Bonchev–Trinajstić information content (AvgIpc) is 2.21. The van der Waals surface area contributed by atoms with E-state index < -0.39 is 0 Å². The van der Waals surface area contributed by atoms with Gasteiger partial charge in [0.15, 0.2) is 0 Å². The summed E-state index contributed by atoms with van der Waals surface area (Å²) in [5.74, 6) is 0.783. The maximum absolute atomic E-state index is 4.11. The molecule has 0 aliphatic carbocycles. The van der Waals surface area contributed by atoms with Crippen LogP contribution in [0.25, 0.3) is 0 Å². The van der Waals surface area contributed by atoms with Crippen molar-refractivity contribution in [1.82, 2.24) is 15.0 Å². The molecule has 0 spiro atoms. The Kier molecular flexibility index (Phi) is 4.15. The fourth-order valence-corrected chi connectivity index (χ4v) is 1.14. The number of nitrogens with zero attached hydrogens (tertiary/aromatic N) is 4. The van der Waals surface area contributed by atoms with Crippen molar-refractivity contribution < 1.29 is 0 Å². The van der Waals surface area contributed by atoms with E-state index in [0.717, 1.165) is 19.0 Å². The Morgan fingerprint density at radius 3 is 2.46 bits per heavy atom. The van der Waals surface area contributed by atoms with E-state index in [2.05, 4.69) is 33.7 Å². The summed E-state index contributed by atoms with van der Waals surface area (Å²) < 4.78 is 0. The molecule has 72 valence electrons. The molecule has 4 nitrogen and oxygen atoms in total. The summed E-state index contributed by atoms with van der Waals surface area (Å²) in [7, 11) is 0. The minimum absolute atomic E-state index is 0.783. The Labute approximate surface area is 79.0 Å². The van der Waals surface area contributed by atoms with Crippen LogP contribution >= 0.6 is 0 Å². The number of hydrogen-bond donors (Lipinski definition) is 0. The Morgan fingerprint density at radius 1 is 1.23 bits per heavy atom. The zero-order valence-corrected chi connectivity index (χ0v) is 8.27. The largest absolute Gasteiger partial charge is 0.341 e. The van der Waals surface area contributed by atoms with Gasteiger partial charge >= 0.3 is 0 Å². The molecule has 4 heteroatoms. The summed E-state index contributed by atoms with van der Waals surface area (Å²) in [4.78, 5) is 14.2. The second kappa shape index (κ2) is 5.45. The van der Waals surface area contributed by atoms with E-state index in [9.17, 15) is 0 Å². The predicted octanol–water partition coefficient (Wildman–Crippen LogP) is 1.50. The smallest absolute Gasteiger partial charge is 0.228 e. The molecule has 1 aromatic heterocycles. The topological polar surface area (TPSA) is 41.9 Å². The summed E-state index contributed by atoms with van der Waals surface area (Å²) in [5, 5.41) is 0. The van der Waals surface area contributed by atoms with Crippen LogP contribution in [0.1, 0.15) is 26.7 Å². The van der Waals surface area contributed by atoms with Crippen molar-refractivity contribution >= 4 is 5.95 Å². The van der Waals surface area contributed by atoms with Crippen molar-refractivity contribution in [2.45, 2.75) is 26.7 Å². The Morgan fingerprint density at radius 2 is 1.92 bits per heavy atom. The number of unbranched alkanes of at least 4 members (excludes halogenated alkanes) is 1. The molecule has 1 heterocycles. The van der Waals surface area contributed by atoms with Crippen molar-refractivity contribution in [3.63, 3.8) is 0 Å². The molecule has 0 saturated carbocycles. The minimum Gasteiger partial charge on any atom is -0.341 e. The molecule has 1 aromatic rings. The van der Waals surface area contributed by atoms with Gasteiger partial charge in [-0.25, -0.2) is 15.0 Å². The molecular formula is C9H16N4. The summed E-state index contributed by atoms with van der Waals surface area (Å²) in [6.45, 7) is 6.27. The van der Waals surface area contributed by atoms with Crippen molar-refractivity contribution in [3.05, 3.63) is 12.7 Å². The van der Waals surface area contributed by atoms with Crippen LogP contribution in [0, 0.1) is 0 Å². The van der Waals surface area contributed by atoms with Crippen LogP contribution in [-0.2, 0) is 0 Å². The van der Waals surface area contributed by atoms with Gasteiger partial charge in [0.1, 0.15) is 12.7 Å².